The third-order valence-electron chi connectivity index (χ3n) is 7.72. The Hall–Kier alpha value is -4.61. The van der Waals surface area contributed by atoms with Crippen LogP contribution in [0.3, 0.4) is 0 Å². The summed E-state index contributed by atoms with van der Waals surface area (Å²) in [5, 5.41) is -3.73. The van der Waals surface area contributed by atoms with E-state index in [2.05, 4.69) is 9.44 Å². The average Bonchev–Trinajstić information content (AvgIpc) is 3.24. The first-order chi connectivity index (χ1) is 22.2. The molecule has 8 nitrogen and oxygen atoms in total. The molecule has 3 aromatic carbocycles. The molecule has 18 heteroatoms. The molecule has 0 saturated heterocycles. The van der Waals surface area contributed by atoms with Crippen LogP contribution in [-0.4, -0.2) is 60.1 Å². The minimum absolute atomic E-state index is 0.107. The molecule has 48 heavy (non-hydrogen) atoms. The standard InChI is InChI=1S/C30H21F9N2O6S/c1-3-41-21-10-8-16(24(42)17-7-5-4-6-15(17)2)14-19(21)23-22(41)11-9-18-25(43)20(12-13-46-26(18)23)40-47-48(44,45)30(38,39)28(33,34)27(31,32)29(35,36)37/h4-11,14H,3,12-13H2,1-2H3/b40-20+. The van der Waals surface area contributed by atoms with E-state index >= 15 is 0 Å². The summed E-state index contributed by atoms with van der Waals surface area (Å²) in [4.78, 5) is 26.8. The molecule has 0 unspecified atom stereocenters. The zero-order chi connectivity index (χ0) is 35.6. The molecular weight excluding hydrogens is 687 g/mol. The van der Waals surface area contributed by atoms with Gasteiger partial charge in [-0.15, -0.1) is 0 Å². The normalized spacial score (nSPS) is 15.8. The van der Waals surface area contributed by atoms with Gasteiger partial charge in [0.2, 0.25) is 5.78 Å². The number of oxime groups is 1. The summed E-state index contributed by atoms with van der Waals surface area (Å²) in [7, 11) is -7.35. The largest absolute Gasteiger partial charge is 0.492 e. The molecule has 0 amide bonds. The molecule has 1 aliphatic heterocycles. The number of carbonyl (C=O) groups is 2. The highest BCUT2D eigenvalue weighted by molar-refractivity contribution is 7.87. The Labute approximate surface area is 264 Å². The fraction of sp³-hybridized carbons (Fsp3) is 0.300. The molecule has 0 saturated carbocycles. The van der Waals surface area contributed by atoms with E-state index in [1.807, 2.05) is 11.5 Å². The first-order valence-electron chi connectivity index (χ1n) is 13.8. The van der Waals surface area contributed by atoms with Crippen LogP contribution in [0.15, 0.2) is 59.8 Å². The van der Waals surface area contributed by atoms with Crippen molar-refractivity contribution in [1.82, 2.24) is 4.57 Å². The number of fused-ring (bicyclic) bond motifs is 5. The summed E-state index contributed by atoms with van der Waals surface area (Å²) in [6.07, 6.45) is -7.98. The lowest BCUT2D eigenvalue weighted by molar-refractivity contribution is -0.382. The van der Waals surface area contributed by atoms with Crippen molar-refractivity contribution in [1.29, 1.82) is 0 Å². The Balaban J connectivity index is 1.57. The second-order valence-corrected chi connectivity index (χ2v) is 12.2. The molecule has 0 atom stereocenters. The summed E-state index contributed by atoms with van der Waals surface area (Å²) < 4.78 is 154. The number of aryl methyl sites for hydroxylation is 2. The molecule has 0 spiro atoms. The smallest absolute Gasteiger partial charge is 0.460 e. The first kappa shape index (κ1) is 34.7. The van der Waals surface area contributed by atoms with Gasteiger partial charge >= 0.3 is 33.4 Å². The van der Waals surface area contributed by atoms with E-state index in [1.54, 1.807) is 49.4 Å². The van der Waals surface area contributed by atoms with Crippen molar-refractivity contribution in [2.45, 2.75) is 50.1 Å². The van der Waals surface area contributed by atoms with Gasteiger partial charge in [0.25, 0.3) is 0 Å². The van der Waals surface area contributed by atoms with Crippen molar-refractivity contribution in [2.75, 3.05) is 6.61 Å². The Morgan fingerprint density at radius 3 is 2.21 bits per heavy atom. The van der Waals surface area contributed by atoms with Gasteiger partial charge in [-0.2, -0.15) is 47.9 Å². The topological polar surface area (TPSA) is 104 Å². The molecule has 5 rings (SSSR count). The lowest BCUT2D eigenvalue weighted by atomic mass is 9.97. The van der Waals surface area contributed by atoms with Crippen LogP contribution in [0.25, 0.3) is 21.8 Å². The van der Waals surface area contributed by atoms with E-state index in [9.17, 15) is 57.5 Å². The van der Waals surface area contributed by atoms with Crippen molar-refractivity contribution in [3.8, 4) is 5.75 Å². The van der Waals surface area contributed by atoms with Crippen molar-refractivity contribution in [3.63, 3.8) is 0 Å². The fourth-order valence-electron chi connectivity index (χ4n) is 5.22. The minimum Gasteiger partial charge on any atom is -0.492 e. The summed E-state index contributed by atoms with van der Waals surface area (Å²) in [6.45, 7) is 3.46. The van der Waals surface area contributed by atoms with Gasteiger partial charge in [-0.05, 0) is 49.7 Å². The maximum Gasteiger partial charge on any atom is 0.460 e. The number of alkyl halides is 9. The number of ether oxygens (including phenoxy) is 1. The Bertz CT molecular complexity index is 2120. The molecule has 0 fully saturated rings. The number of Topliss-reactive ketones (excluding diaryl/α,β-unsaturated/α-hetero) is 1. The zero-order valence-corrected chi connectivity index (χ0v) is 25.3. The van der Waals surface area contributed by atoms with Crippen LogP contribution in [-0.2, 0) is 20.9 Å². The Morgan fingerprint density at radius 1 is 0.938 bits per heavy atom. The maximum absolute atomic E-state index is 14.1. The van der Waals surface area contributed by atoms with Crippen molar-refractivity contribution < 1.29 is 66.5 Å². The van der Waals surface area contributed by atoms with Crippen LogP contribution in [0.2, 0.25) is 0 Å². The third-order valence-corrected chi connectivity index (χ3v) is 8.87. The van der Waals surface area contributed by atoms with E-state index in [4.69, 9.17) is 4.74 Å². The van der Waals surface area contributed by atoms with E-state index in [-0.39, 0.29) is 22.7 Å². The fourth-order valence-corrected chi connectivity index (χ4v) is 5.94. The lowest BCUT2D eigenvalue weighted by Gasteiger charge is -2.31. The van der Waals surface area contributed by atoms with Gasteiger partial charge < -0.3 is 9.30 Å². The van der Waals surface area contributed by atoms with Crippen LogP contribution >= 0.6 is 0 Å². The first-order valence-corrected chi connectivity index (χ1v) is 15.2. The quantitative estimate of drug-likeness (QED) is 0.107. The molecular formula is C30H21F9N2O6S. The molecule has 1 aromatic heterocycles. The van der Waals surface area contributed by atoms with E-state index < -0.39 is 57.9 Å². The second kappa shape index (κ2) is 11.5. The number of ketones is 2. The number of hydrogen-bond acceptors (Lipinski definition) is 7. The molecule has 1 aliphatic rings. The van der Waals surface area contributed by atoms with E-state index in [1.165, 1.54) is 12.1 Å². The number of halogens is 9. The van der Waals surface area contributed by atoms with Crippen molar-refractivity contribution in [2.24, 2.45) is 5.16 Å². The summed E-state index contributed by atoms with van der Waals surface area (Å²) >= 11 is 0. The highest BCUT2D eigenvalue weighted by atomic mass is 32.2. The summed E-state index contributed by atoms with van der Waals surface area (Å²) in [6, 6.07) is 14.4. The molecule has 4 aromatic rings. The number of hydrogen-bond donors (Lipinski definition) is 0. The maximum atomic E-state index is 14.1. The van der Waals surface area contributed by atoms with Crippen molar-refractivity contribution >= 4 is 49.2 Å². The molecule has 256 valence electrons. The average molecular weight is 709 g/mol. The Kier molecular flexibility index (Phi) is 8.33. The van der Waals surface area contributed by atoms with Crippen LogP contribution in [0.1, 0.15) is 45.2 Å². The van der Waals surface area contributed by atoms with Crippen LogP contribution in [0, 0.1) is 6.92 Å². The molecule has 0 bridgehead atoms. The second-order valence-electron chi connectivity index (χ2n) is 10.6. The number of benzene rings is 3. The van der Waals surface area contributed by atoms with E-state index in [0.29, 0.717) is 39.5 Å². The highest BCUT2D eigenvalue weighted by Gasteiger charge is 2.86. The third kappa shape index (κ3) is 5.16. The van der Waals surface area contributed by atoms with Crippen LogP contribution < -0.4 is 4.74 Å². The summed E-state index contributed by atoms with van der Waals surface area (Å²) in [5.74, 6) is -16.7. The predicted molar refractivity (Wildman–Crippen MR) is 153 cm³/mol. The number of carbonyl (C=O) groups excluding carboxylic acids is 2. The molecule has 2 heterocycles. The van der Waals surface area contributed by atoms with Crippen molar-refractivity contribution in [3.05, 3.63) is 76.9 Å². The lowest BCUT2D eigenvalue weighted by Crippen LogP contribution is -2.63. The van der Waals surface area contributed by atoms with Gasteiger partial charge in [0.15, 0.2) is 5.78 Å². The number of nitrogens with zero attached hydrogens (tertiary/aromatic N) is 2. The predicted octanol–water partition coefficient (Wildman–Crippen LogP) is 7.45. The number of rotatable bonds is 8. The van der Waals surface area contributed by atoms with Gasteiger partial charge in [0, 0.05) is 35.0 Å². The number of aromatic nitrogens is 1. The SMILES string of the molecule is CCn1c2ccc(C(=O)c3ccccc3C)cc2c2c3c(ccc21)C(=O)/C(=N/OS(=O)(=O)C(F)(F)C(F)(F)C(F)(F)C(F)(F)F)CCO3. The van der Waals surface area contributed by atoms with Crippen LogP contribution in [0.4, 0.5) is 39.5 Å². The zero-order valence-electron chi connectivity index (χ0n) is 24.5. The molecule has 0 radical (unpaired) electrons. The van der Waals surface area contributed by atoms with Gasteiger partial charge in [0.05, 0.1) is 23.1 Å². The monoisotopic (exact) mass is 708 g/mol. The minimum atomic E-state index is -7.54. The highest BCUT2D eigenvalue weighted by Crippen LogP contribution is 2.55. The van der Waals surface area contributed by atoms with Crippen LogP contribution in [0.5, 0.6) is 5.75 Å². The van der Waals surface area contributed by atoms with Gasteiger partial charge in [-0.1, -0.05) is 29.4 Å². The molecule has 0 aliphatic carbocycles. The van der Waals surface area contributed by atoms with E-state index in [0.717, 1.165) is 0 Å². The molecule has 0 N–H and O–H groups in total. The van der Waals surface area contributed by atoms with Gasteiger partial charge in [-0.3, -0.25) is 13.9 Å². The Morgan fingerprint density at radius 2 is 1.58 bits per heavy atom. The van der Waals surface area contributed by atoms with Gasteiger partial charge in [0.1, 0.15) is 11.5 Å². The summed E-state index contributed by atoms with van der Waals surface area (Å²) in [5.41, 5.74) is 1.20. The van der Waals surface area contributed by atoms with Gasteiger partial charge in [-0.25, -0.2) is 0 Å².